The van der Waals surface area contributed by atoms with E-state index in [4.69, 9.17) is 4.74 Å². The molecule has 1 unspecified atom stereocenters. The fourth-order valence-corrected chi connectivity index (χ4v) is 2.44. The highest BCUT2D eigenvalue weighted by molar-refractivity contribution is 5.57. The fourth-order valence-electron chi connectivity index (χ4n) is 2.44. The Kier molecular flexibility index (Phi) is 5.23. The van der Waals surface area contributed by atoms with Crippen molar-refractivity contribution in [2.24, 2.45) is 0 Å². The highest BCUT2D eigenvalue weighted by atomic mass is 19.3. The lowest BCUT2D eigenvalue weighted by Gasteiger charge is -2.19. The second-order valence-corrected chi connectivity index (χ2v) is 5.50. The maximum absolute atomic E-state index is 12.4. The van der Waals surface area contributed by atoms with Crippen LogP contribution in [0.3, 0.4) is 0 Å². The molecule has 1 atom stereocenters. The highest BCUT2D eigenvalue weighted by Crippen LogP contribution is 2.28. The zero-order valence-corrected chi connectivity index (χ0v) is 13.6. The molecule has 0 bridgehead atoms. The van der Waals surface area contributed by atoms with Crippen molar-refractivity contribution in [1.82, 2.24) is 14.8 Å². The van der Waals surface area contributed by atoms with Gasteiger partial charge in [-0.3, -0.25) is 0 Å². The minimum absolute atomic E-state index is 0.0268. The van der Waals surface area contributed by atoms with Crippen LogP contribution < -0.4 is 10.1 Å². The van der Waals surface area contributed by atoms with Crippen molar-refractivity contribution in [1.29, 1.82) is 0 Å². The number of nitrogens with zero attached hydrogens (tertiary/aromatic N) is 3. The van der Waals surface area contributed by atoms with Gasteiger partial charge in [-0.1, -0.05) is 24.3 Å². The van der Waals surface area contributed by atoms with Gasteiger partial charge in [0.15, 0.2) is 0 Å². The van der Waals surface area contributed by atoms with Crippen LogP contribution in [0.5, 0.6) is 5.75 Å². The molecule has 1 aromatic heterocycles. The molecular formula is C18H18F2N4O. The number of rotatable bonds is 7. The zero-order valence-electron chi connectivity index (χ0n) is 13.6. The van der Waals surface area contributed by atoms with Crippen LogP contribution in [-0.2, 0) is 0 Å². The Morgan fingerprint density at radius 1 is 1.12 bits per heavy atom. The van der Waals surface area contributed by atoms with E-state index >= 15 is 0 Å². The molecular weight excluding hydrogens is 326 g/mol. The average molecular weight is 344 g/mol. The van der Waals surface area contributed by atoms with Gasteiger partial charge in [-0.05, 0) is 36.8 Å². The number of benzene rings is 2. The van der Waals surface area contributed by atoms with E-state index in [0.717, 1.165) is 11.3 Å². The number of halogens is 2. The molecule has 7 heteroatoms. The SMILES string of the molecule is CC(Nc1ccccc1OCC(F)F)c1ccc(-n2cncn2)cc1. The quantitative estimate of drug-likeness (QED) is 0.701. The van der Waals surface area contributed by atoms with Crippen molar-refractivity contribution in [3.8, 4) is 11.4 Å². The molecule has 0 spiro atoms. The van der Waals surface area contributed by atoms with Crippen molar-refractivity contribution >= 4 is 5.69 Å². The Bertz CT molecular complexity index is 791. The summed E-state index contributed by atoms with van der Waals surface area (Å²) in [5, 5.41) is 7.39. The highest BCUT2D eigenvalue weighted by Gasteiger charge is 2.11. The van der Waals surface area contributed by atoms with E-state index < -0.39 is 13.0 Å². The lowest BCUT2D eigenvalue weighted by atomic mass is 10.1. The van der Waals surface area contributed by atoms with Gasteiger partial charge in [-0.25, -0.2) is 18.4 Å². The van der Waals surface area contributed by atoms with E-state index in [0.29, 0.717) is 11.4 Å². The molecule has 0 aliphatic carbocycles. The summed E-state index contributed by atoms with van der Waals surface area (Å²) in [4.78, 5) is 3.92. The number of alkyl halides is 2. The van der Waals surface area contributed by atoms with E-state index in [1.807, 2.05) is 37.3 Å². The van der Waals surface area contributed by atoms with E-state index in [1.54, 1.807) is 29.2 Å². The minimum atomic E-state index is -2.50. The molecule has 0 saturated carbocycles. The van der Waals surface area contributed by atoms with Crippen molar-refractivity contribution < 1.29 is 13.5 Å². The van der Waals surface area contributed by atoms with E-state index in [1.165, 1.54) is 6.33 Å². The molecule has 0 radical (unpaired) electrons. The third-order valence-corrected chi connectivity index (χ3v) is 3.70. The number of hydrogen-bond donors (Lipinski definition) is 1. The molecule has 2 aromatic carbocycles. The number of anilines is 1. The molecule has 0 saturated heterocycles. The number of nitrogens with one attached hydrogen (secondary N) is 1. The van der Waals surface area contributed by atoms with E-state index in [2.05, 4.69) is 15.4 Å². The lowest BCUT2D eigenvalue weighted by Crippen LogP contribution is -2.11. The van der Waals surface area contributed by atoms with Gasteiger partial charge in [0.25, 0.3) is 6.43 Å². The van der Waals surface area contributed by atoms with Crippen molar-refractivity contribution in [2.45, 2.75) is 19.4 Å². The van der Waals surface area contributed by atoms with Crippen LogP contribution in [0, 0.1) is 0 Å². The Labute approximate surface area is 144 Å². The van der Waals surface area contributed by atoms with Crippen LogP contribution >= 0.6 is 0 Å². The molecule has 3 rings (SSSR count). The van der Waals surface area contributed by atoms with Crippen LogP contribution in [0.4, 0.5) is 14.5 Å². The third kappa shape index (κ3) is 4.32. The van der Waals surface area contributed by atoms with Crippen molar-refractivity contribution in [2.75, 3.05) is 11.9 Å². The first-order valence-corrected chi connectivity index (χ1v) is 7.85. The van der Waals surface area contributed by atoms with Gasteiger partial charge >= 0.3 is 0 Å². The molecule has 0 amide bonds. The van der Waals surface area contributed by atoms with Crippen LogP contribution in [-0.4, -0.2) is 27.8 Å². The van der Waals surface area contributed by atoms with Gasteiger partial charge in [0.05, 0.1) is 11.4 Å². The van der Waals surface area contributed by atoms with E-state index in [-0.39, 0.29) is 6.04 Å². The van der Waals surface area contributed by atoms with Gasteiger partial charge in [-0.2, -0.15) is 5.10 Å². The third-order valence-electron chi connectivity index (χ3n) is 3.70. The smallest absolute Gasteiger partial charge is 0.272 e. The molecule has 25 heavy (non-hydrogen) atoms. The summed E-state index contributed by atoms with van der Waals surface area (Å²) < 4.78 is 31.6. The summed E-state index contributed by atoms with van der Waals surface area (Å²) in [6.45, 7) is 1.37. The Morgan fingerprint density at radius 3 is 2.56 bits per heavy atom. The Balaban J connectivity index is 1.71. The number of ether oxygens (including phenoxy) is 1. The Morgan fingerprint density at radius 2 is 1.88 bits per heavy atom. The topological polar surface area (TPSA) is 52.0 Å². The van der Waals surface area contributed by atoms with Crippen LogP contribution in [0.25, 0.3) is 5.69 Å². The van der Waals surface area contributed by atoms with Crippen molar-refractivity contribution in [3.05, 3.63) is 66.7 Å². The summed E-state index contributed by atoms with van der Waals surface area (Å²) in [6, 6.07) is 14.9. The first-order valence-electron chi connectivity index (χ1n) is 7.85. The summed E-state index contributed by atoms with van der Waals surface area (Å²) in [6.07, 6.45) is 0.608. The lowest BCUT2D eigenvalue weighted by molar-refractivity contribution is 0.0822. The monoisotopic (exact) mass is 344 g/mol. The average Bonchev–Trinajstić information content (AvgIpc) is 3.15. The van der Waals surface area contributed by atoms with Crippen molar-refractivity contribution in [3.63, 3.8) is 0 Å². The molecule has 1 N–H and O–H groups in total. The molecule has 0 aliphatic rings. The molecule has 1 heterocycles. The largest absolute Gasteiger partial charge is 0.485 e. The van der Waals surface area contributed by atoms with Gasteiger partial charge < -0.3 is 10.1 Å². The van der Waals surface area contributed by atoms with Gasteiger partial charge in [0, 0.05) is 6.04 Å². The zero-order chi connectivity index (χ0) is 17.6. The summed E-state index contributed by atoms with van der Waals surface area (Å²) in [5.74, 6) is 0.411. The van der Waals surface area contributed by atoms with Crippen LogP contribution in [0.1, 0.15) is 18.5 Å². The molecule has 5 nitrogen and oxygen atoms in total. The molecule has 130 valence electrons. The van der Waals surface area contributed by atoms with Gasteiger partial charge in [0.2, 0.25) is 0 Å². The van der Waals surface area contributed by atoms with Crippen LogP contribution in [0.15, 0.2) is 61.2 Å². The maximum atomic E-state index is 12.4. The van der Waals surface area contributed by atoms with Crippen LogP contribution in [0.2, 0.25) is 0 Å². The number of aromatic nitrogens is 3. The van der Waals surface area contributed by atoms with E-state index in [9.17, 15) is 8.78 Å². The standard InChI is InChI=1S/C18H18F2N4O/c1-13(14-6-8-15(9-7-14)24-12-21-11-22-24)23-16-4-2-3-5-17(16)25-10-18(19)20/h2-9,11-13,18,23H,10H2,1H3. The number of hydrogen-bond acceptors (Lipinski definition) is 4. The first-order chi connectivity index (χ1) is 12.1. The normalized spacial score (nSPS) is 12.2. The second-order valence-electron chi connectivity index (χ2n) is 5.50. The predicted molar refractivity (Wildman–Crippen MR) is 91.3 cm³/mol. The maximum Gasteiger partial charge on any atom is 0.272 e. The summed E-state index contributed by atoms with van der Waals surface area (Å²) in [7, 11) is 0. The summed E-state index contributed by atoms with van der Waals surface area (Å²) >= 11 is 0. The fraction of sp³-hybridized carbons (Fsp3) is 0.222. The Hall–Kier alpha value is -2.96. The predicted octanol–water partition coefficient (Wildman–Crippen LogP) is 4.08. The number of para-hydroxylation sites is 2. The molecule has 3 aromatic rings. The summed E-state index contributed by atoms with van der Waals surface area (Å²) in [5.41, 5.74) is 2.64. The van der Waals surface area contributed by atoms with Gasteiger partial charge in [0.1, 0.15) is 25.0 Å². The first kappa shape index (κ1) is 16.9. The minimum Gasteiger partial charge on any atom is -0.485 e. The van der Waals surface area contributed by atoms with Gasteiger partial charge in [-0.15, -0.1) is 0 Å². The molecule has 0 fully saturated rings. The molecule has 0 aliphatic heterocycles. The second kappa shape index (κ2) is 7.74.